The molecule has 3 aromatic rings. The van der Waals surface area contributed by atoms with Crippen molar-refractivity contribution in [1.82, 2.24) is 24.6 Å². The Morgan fingerprint density at radius 3 is 2.68 bits per heavy atom. The van der Waals surface area contributed by atoms with E-state index in [0.717, 1.165) is 22.8 Å². The summed E-state index contributed by atoms with van der Waals surface area (Å²) in [5.41, 5.74) is 3.08. The average Bonchev–Trinajstić information content (AvgIpc) is 3.14. The van der Waals surface area contributed by atoms with Crippen LogP contribution >= 0.6 is 0 Å². The second-order valence-electron chi connectivity index (χ2n) is 6.32. The number of nitrogens with zero attached hydrogens (tertiary/aromatic N) is 4. The summed E-state index contributed by atoms with van der Waals surface area (Å²) < 4.78 is 3.79. The Hall–Kier alpha value is -2.89. The van der Waals surface area contributed by atoms with Gasteiger partial charge in [-0.2, -0.15) is 5.10 Å². The summed E-state index contributed by atoms with van der Waals surface area (Å²) in [5.74, 6) is 0.756. The summed E-state index contributed by atoms with van der Waals surface area (Å²) in [6, 6.07) is 11.9. The van der Waals surface area contributed by atoms with Crippen molar-refractivity contribution in [2.45, 2.75) is 39.9 Å². The van der Waals surface area contributed by atoms with Crippen molar-refractivity contribution < 1.29 is 4.79 Å². The first-order valence-corrected chi connectivity index (χ1v) is 8.40. The van der Waals surface area contributed by atoms with Crippen LogP contribution < -0.4 is 5.32 Å². The number of amides is 1. The minimum Gasteiger partial charge on any atom is -0.350 e. The van der Waals surface area contributed by atoms with Crippen LogP contribution in [0.25, 0.3) is 11.4 Å². The van der Waals surface area contributed by atoms with Crippen LogP contribution in [0.4, 0.5) is 0 Å². The van der Waals surface area contributed by atoms with Crippen molar-refractivity contribution >= 4 is 5.91 Å². The molecule has 3 rings (SSSR count). The van der Waals surface area contributed by atoms with Gasteiger partial charge in [-0.05, 0) is 26.8 Å². The van der Waals surface area contributed by atoms with Crippen molar-refractivity contribution in [3.63, 3.8) is 0 Å². The molecule has 1 atom stereocenters. The fourth-order valence-corrected chi connectivity index (χ4v) is 2.92. The Labute approximate surface area is 147 Å². The third kappa shape index (κ3) is 4.15. The van der Waals surface area contributed by atoms with Gasteiger partial charge in [-0.1, -0.05) is 30.3 Å². The lowest BCUT2D eigenvalue weighted by molar-refractivity contribution is -0.122. The molecular weight excluding hydrogens is 314 g/mol. The molecular formula is C19H23N5O. The van der Waals surface area contributed by atoms with Gasteiger partial charge in [0.05, 0.1) is 12.2 Å². The summed E-state index contributed by atoms with van der Waals surface area (Å²) in [7, 11) is 0. The molecule has 0 aliphatic rings. The summed E-state index contributed by atoms with van der Waals surface area (Å²) in [6.45, 7) is 6.87. The molecule has 0 aliphatic heterocycles. The van der Waals surface area contributed by atoms with Gasteiger partial charge in [-0.25, -0.2) is 4.98 Å². The molecule has 1 amide bonds. The van der Waals surface area contributed by atoms with Crippen molar-refractivity contribution in [3.8, 4) is 11.4 Å². The fraction of sp³-hybridized carbons (Fsp3) is 0.316. The minimum absolute atomic E-state index is 0.00537. The van der Waals surface area contributed by atoms with Crippen LogP contribution in [0.5, 0.6) is 0 Å². The Kier molecular flexibility index (Phi) is 4.97. The maximum atomic E-state index is 12.4. The highest BCUT2D eigenvalue weighted by atomic mass is 16.2. The van der Waals surface area contributed by atoms with E-state index in [4.69, 9.17) is 0 Å². The molecule has 0 radical (unpaired) electrons. The average molecular weight is 337 g/mol. The zero-order valence-electron chi connectivity index (χ0n) is 14.8. The van der Waals surface area contributed by atoms with Crippen LogP contribution in [0.3, 0.4) is 0 Å². The normalized spacial score (nSPS) is 12.1. The standard InChI is InChI=1S/C19H23N5O/c1-14-11-16(3)24(22-14)12-15(2)21-18(25)13-23-10-9-20-19(23)17-7-5-4-6-8-17/h4-11,15H,12-13H2,1-3H3,(H,21,25)/t15-/m1/s1. The number of rotatable bonds is 6. The SMILES string of the molecule is Cc1cc(C)n(C[C@@H](C)NC(=O)Cn2ccnc2-c2ccccc2)n1. The van der Waals surface area contributed by atoms with Crippen molar-refractivity contribution in [2.24, 2.45) is 0 Å². The largest absolute Gasteiger partial charge is 0.350 e. The summed E-state index contributed by atoms with van der Waals surface area (Å²) >= 11 is 0. The van der Waals surface area contributed by atoms with Gasteiger partial charge in [-0.3, -0.25) is 9.48 Å². The number of imidazole rings is 1. The third-order valence-corrected chi connectivity index (χ3v) is 4.02. The first kappa shape index (κ1) is 17.0. The molecule has 25 heavy (non-hydrogen) atoms. The van der Waals surface area contributed by atoms with E-state index >= 15 is 0 Å². The van der Waals surface area contributed by atoms with Crippen LogP contribution in [0.1, 0.15) is 18.3 Å². The van der Waals surface area contributed by atoms with E-state index in [2.05, 4.69) is 15.4 Å². The molecule has 2 heterocycles. The predicted molar refractivity (Wildman–Crippen MR) is 97.0 cm³/mol. The topological polar surface area (TPSA) is 64.7 Å². The first-order chi connectivity index (χ1) is 12.0. The lowest BCUT2D eigenvalue weighted by Gasteiger charge is -2.16. The van der Waals surface area contributed by atoms with Gasteiger partial charge in [0.25, 0.3) is 0 Å². The highest BCUT2D eigenvalue weighted by Gasteiger charge is 2.13. The van der Waals surface area contributed by atoms with E-state index in [1.165, 1.54) is 0 Å². The lowest BCUT2D eigenvalue weighted by Crippen LogP contribution is -2.38. The monoisotopic (exact) mass is 337 g/mol. The number of nitrogens with one attached hydrogen (secondary N) is 1. The molecule has 1 N–H and O–H groups in total. The van der Waals surface area contributed by atoms with Gasteiger partial charge in [0, 0.05) is 29.7 Å². The maximum absolute atomic E-state index is 12.4. The Bertz CT molecular complexity index is 850. The molecule has 1 aromatic carbocycles. The number of carbonyl (C=O) groups is 1. The molecule has 6 heteroatoms. The highest BCUT2D eigenvalue weighted by molar-refractivity contribution is 5.76. The van der Waals surface area contributed by atoms with Crippen molar-refractivity contribution in [3.05, 3.63) is 60.2 Å². The zero-order chi connectivity index (χ0) is 17.8. The number of carbonyl (C=O) groups excluding carboxylic acids is 1. The highest BCUT2D eigenvalue weighted by Crippen LogP contribution is 2.16. The number of hydrogen-bond acceptors (Lipinski definition) is 3. The molecule has 0 aliphatic carbocycles. The molecule has 0 fully saturated rings. The van der Waals surface area contributed by atoms with E-state index in [1.807, 2.05) is 72.6 Å². The predicted octanol–water partition coefficient (Wildman–Crippen LogP) is 2.57. The molecule has 0 saturated heterocycles. The first-order valence-electron chi connectivity index (χ1n) is 8.40. The van der Waals surface area contributed by atoms with E-state index in [9.17, 15) is 4.79 Å². The number of aromatic nitrogens is 4. The number of benzene rings is 1. The Balaban J connectivity index is 1.62. The number of hydrogen-bond donors (Lipinski definition) is 1. The van der Waals surface area contributed by atoms with Crippen molar-refractivity contribution in [2.75, 3.05) is 0 Å². The van der Waals surface area contributed by atoms with Gasteiger partial charge in [0.15, 0.2) is 0 Å². The smallest absolute Gasteiger partial charge is 0.240 e. The lowest BCUT2D eigenvalue weighted by atomic mass is 10.2. The van der Waals surface area contributed by atoms with Gasteiger partial charge in [0.1, 0.15) is 12.4 Å². The summed E-state index contributed by atoms with van der Waals surface area (Å²) in [4.78, 5) is 16.8. The molecule has 0 spiro atoms. The van der Waals surface area contributed by atoms with Crippen LogP contribution in [-0.2, 0) is 17.9 Å². The van der Waals surface area contributed by atoms with Gasteiger partial charge in [0.2, 0.25) is 5.91 Å². The van der Waals surface area contributed by atoms with E-state index in [-0.39, 0.29) is 18.5 Å². The summed E-state index contributed by atoms with van der Waals surface area (Å²) in [5, 5.41) is 7.47. The second-order valence-corrected chi connectivity index (χ2v) is 6.32. The zero-order valence-corrected chi connectivity index (χ0v) is 14.8. The molecule has 6 nitrogen and oxygen atoms in total. The summed E-state index contributed by atoms with van der Waals surface area (Å²) in [6.07, 6.45) is 3.54. The molecule has 130 valence electrons. The minimum atomic E-state index is -0.0378. The van der Waals surface area contributed by atoms with Crippen LogP contribution in [0.2, 0.25) is 0 Å². The maximum Gasteiger partial charge on any atom is 0.240 e. The number of aryl methyl sites for hydroxylation is 2. The quantitative estimate of drug-likeness (QED) is 0.752. The van der Waals surface area contributed by atoms with E-state index in [1.54, 1.807) is 6.20 Å². The molecule has 0 unspecified atom stereocenters. The molecule has 0 bridgehead atoms. The van der Waals surface area contributed by atoms with Crippen LogP contribution in [0, 0.1) is 13.8 Å². The van der Waals surface area contributed by atoms with Crippen LogP contribution in [0.15, 0.2) is 48.8 Å². The Morgan fingerprint density at radius 2 is 2.00 bits per heavy atom. The van der Waals surface area contributed by atoms with Crippen LogP contribution in [-0.4, -0.2) is 31.3 Å². The van der Waals surface area contributed by atoms with Gasteiger partial charge >= 0.3 is 0 Å². The Morgan fingerprint density at radius 1 is 1.24 bits per heavy atom. The van der Waals surface area contributed by atoms with E-state index < -0.39 is 0 Å². The third-order valence-electron chi connectivity index (χ3n) is 4.02. The van der Waals surface area contributed by atoms with E-state index in [0.29, 0.717) is 6.54 Å². The molecule has 2 aromatic heterocycles. The molecule has 0 saturated carbocycles. The second kappa shape index (κ2) is 7.34. The van der Waals surface area contributed by atoms with Crippen molar-refractivity contribution in [1.29, 1.82) is 0 Å². The van der Waals surface area contributed by atoms with Gasteiger partial charge in [-0.15, -0.1) is 0 Å². The van der Waals surface area contributed by atoms with Gasteiger partial charge < -0.3 is 9.88 Å². The fourth-order valence-electron chi connectivity index (χ4n) is 2.92.